The second-order valence-corrected chi connectivity index (χ2v) is 6.06. The van der Waals surface area contributed by atoms with Crippen LogP contribution in [0.2, 0.25) is 10.0 Å². The summed E-state index contributed by atoms with van der Waals surface area (Å²) >= 11 is 11.8. The van der Waals surface area contributed by atoms with Crippen molar-refractivity contribution in [3.05, 3.63) is 33.6 Å². The van der Waals surface area contributed by atoms with Crippen molar-refractivity contribution in [2.45, 2.75) is 44.8 Å². The van der Waals surface area contributed by atoms with Gasteiger partial charge in [-0.05, 0) is 37.5 Å². The number of benzene rings is 1. The average Bonchev–Trinajstić information content (AvgIpc) is 2.92. The Labute approximate surface area is 129 Å². The van der Waals surface area contributed by atoms with Crippen LogP contribution in [-0.4, -0.2) is 19.3 Å². The Morgan fingerprint density at radius 1 is 1.30 bits per heavy atom. The second kappa shape index (κ2) is 7.60. The molecule has 1 fully saturated rings. The number of nitrogens with one attached hydrogen (secondary N) is 1. The van der Waals surface area contributed by atoms with Crippen molar-refractivity contribution in [3.63, 3.8) is 0 Å². The van der Waals surface area contributed by atoms with Crippen molar-refractivity contribution < 1.29 is 9.13 Å². The smallest absolute Gasteiger partial charge is 0.142 e. The molecule has 1 N–H and O–H groups in total. The molecule has 0 spiro atoms. The number of rotatable bonds is 6. The van der Waals surface area contributed by atoms with Crippen LogP contribution in [0, 0.1) is 5.82 Å². The standard InChI is InChI=1S/C15H20Cl2FNO/c1-10(12-8-15(18)14(17)9-13(12)16)19-6-7-20-11-4-2-3-5-11/h8-11,19H,2-7H2,1H3. The lowest BCUT2D eigenvalue weighted by molar-refractivity contribution is 0.0593. The van der Waals surface area contributed by atoms with Gasteiger partial charge in [-0.1, -0.05) is 36.0 Å². The van der Waals surface area contributed by atoms with Gasteiger partial charge < -0.3 is 10.1 Å². The summed E-state index contributed by atoms with van der Waals surface area (Å²) in [7, 11) is 0. The monoisotopic (exact) mass is 319 g/mol. The summed E-state index contributed by atoms with van der Waals surface area (Å²) in [6, 6.07) is 2.79. The fourth-order valence-electron chi connectivity index (χ4n) is 2.54. The molecular weight excluding hydrogens is 300 g/mol. The van der Waals surface area contributed by atoms with Crippen molar-refractivity contribution in [1.29, 1.82) is 0 Å². The SMILES string of the molecule is CC(NCCOC1CCCC1)c1cc(F)c(Cl)cc1Cl. The van der Waals surface area contributed by atoms with Gasteiger partial charge in [0.05, 0.1) is 17.7 Å². The van der Waals surface area contributed by atoms with Gasteiger partial charge in [-0.2, -0.15) is 0 Å². The third kappa shape index (κ3) is 4.32. The molecule has 1 aliphatic rings. The molecule has 0 aromatic heterocycles. The van der Waals surface area contributed by atoms with E-state index in [0.717, 1.165) is 12.1 Å². The molecule has 1 aliphatic carbocycles. The largest absolute Gasteiger partial charge is 0.377 e. The van der Waals surface area contributed by atoms with Crippen molar-refractivity contribution >= 4 is 23.2 Å². The summed E-state index contributed by atoms with van der Waals surface area (Å²) in [6.07, 6.45) is 5.30. The maximum atomic E-state index is 13.5. The van der Waals surface area contributed by atoms with E-state index in [4.69, 9.17) is 27.9 Å². The average molecular weight is 320 g/mol. The van der Waals surface area contributed by atoms with Crippen molar-refractivity contribution in [2.24, 2.45) is 0 Å². The van der Waals surface area contributed by atoms with E-state index in [1.807, 2.05) is 6.92 Å². The molecule has 1 atom stereocenters. The van der Waals surface area contributed by atoms with Crippen LogP contribution in [0.1, 0.15) is 44.2 Å². The van der Waals surface area contributed by atoms with Crippen LogP contribution in [0.15, 0.2) is 12.1 Å². The van der Waals surface area contributed by atoms with Gasteiger partial charge in [-0.3, -0.25) is 0 Å². The summed E-state index contributed by atoms with van der Waals surface area (Å²) < 4.78 is 19.2. The van der Waals surface area contributed by atoms with E-state index in [1.54, 1.807) is 0 Å². The van der Waals surface area contributed by atoms with Crippen molar-refractivity contribution in [1.82, 2.24) is 5.32 Å². The Morgan fingerprint density at radius 3 is 2.70 bits per heavy atom. The molecule has 1 saturated carbocycles. The van der Waals surface area contributed by atoms with Gasteiger partial charge in [0, 0.05) is 17.6 Å². The summed E-state index contributed by atoms with van der Waals surface area (Å²) in [4.78, 5) is 0. The first-order valence-corrected chi connectivity index (χ1v) is 7.83. The molecular formula is C15H20Cl2FNO. The lowest BCUT2D eigenvalue weighted by Gasteiger charge is -2.17. The second-order valence-electron chi connectivity index (χ2n) is 5.24. The van der Waals surface area contributed by atoms with E-state index in [-0.39, 0.29) is 11.1 Å². The number of hydrogen-bond donors (Lipinski definition) is 1. The van der Waals surface area contributed by atoms with Gasteiger partial charge in [-0.15, -0.1) is 0 Å². The lowest BCUT2D eigenvalue weighted by Crippen LogP contribution is -2.25. The first-order valence-electron chi connectivity index (χ1n) is 7.07. The van der Waals surface area contributed by atoms with Crippen LogP contribution in [0.4, 0.5) is 4.39 Å². The van der Waals surface area contributed by atoms with Gasteiger partial charge in [0.15, 0.2) is 0 Å². The van der Waals surface area contributed by atoms with Crippen LogP contribution in [-0.2, 0) is 4.74 Å². The minimum atomic E-state index is -0.443. The molecule has 2 nitrogen and oxygen atoms in total. The van der Waals surface area contributed by atoms with Crippen LogP contribution < -0.4 is 5.32 Å². The zero-order valence-electron chi connectivity index (χ0n) is 11.6. The third-order valence-corrected chi connectivity index (χ3v) is 4.33. The minimum absolute atomic E-state index is 0.0403. The molecule has 20 heavy (non-hydrogen) atoms. The Kier molecular flexibility index (Phi) is 6.09. The summed E-state index contributed by atoms with van der Waals surface area (Å²) in [5, 5.41) is 3.82. The maximum Gasteiger partial charge on any atom is 0.142 e. The normalized spacial score (nSPS) is 17.6. The molecule has 0 heterocycles. The maximum absolute atomic E-state index is 13.5. The summed E-state index contributed by atoms with van der Waals surface area (Å²) in [5.74, 6) is -0.443. The van der Waals surface area contributed by atoms with E-state index < -0.39 is 5.82 Å². The highest BCUT2D eigenvalue weighted by atomic mass is 35.5. The quantitative estimate of drug-likeness (QED) is 0.604. The van der Waals surface area contributed by atoms with Crippen molar-refractivity contribution in [3.8, 4) is 0 Å². The molecule has 0 aliphatic heterocycles. The zero-order chi connectivity index (χ0) is 14.5. The lowest BCUT2D eigenvalue weighted by atomic mass is 10.1. The summed E-state index contributed by atoms with van der Waals surface area (Å²) in [6.45, 7) is 3.34. The number of hydrogen-bond acceptors (Lipinski definition) is 2. The van der Waals surface area contributed by atoms with Gasteiger partial charge in [0.25, 0.3) is 0 Å². The van der Waals surface area contributed by atoms with Crippen LogP contribution >= 0.6 is 23.2 Å². The fraction of sp³-hybridized carbons (Fsp3) is 0.600. The molecule has 0 bridgehead atoms. The third-order valence-electron chi connectivity index (χ3n) is 3.71. The van der Waals surface area contributed by atoms with E-state index in [2.05, 4.69) is 5.32 Å². The molecule has 0 amide bonds. The topological polar surface area (TPSA) is 21.3 Å². The number of ether oxygens (including phenoxy) is 1. The Balaban J connectivity index is 1.79. The Bertz CT molecular complexity index is 450. The van der Waals surface area contributed by atoms with Gasteiger partial charge in [-0.25, -0.2) is 4.39 Å². The van der Waals surface area contributed by atoms with Crippen LogP contribution in [0.5, 0.6) is 0 Å². The molecule has 1 aromatic rings. The zero-order valence-corrected chi connectivity index (χ0v) is 13.1. The van der Waals surface area contributed by atoms with E-state index >= 15 is 0 Å². The van der Waals surface area contributed by atoms with Crippen LogP contribution in [0.25, 0.3) is 0 Å². The highest BCUT2D eigenvalue weighted by Gasteiger charge is 2.16. The van der Waals surface area contributed by atoms with Gasteiger partial charge in [0.1, 0.15) is 5.82 Å². The summed E-state index contributed by atoms with van der Waals surface area (Å²) in [5.41, 5.74) is 0.717. The van der Waals surface area contributed by atoms with E-state index in [1.165, 1.54) is 37.8 Å². The van der Waals surface area contributed by atoms with E-state index in [9.17, 15) is 4.39 Å². The predicted octanol–water partition coefficient (Wildman–Crippen LogP) is 4.74. The molecule has 0 saturated heterocycles. The molecule has 1 unspecified atom stereocenters. The molecule has 112 valence electrons. The minimum Gasteiger partial charge on any atom is -0.377 e. The predicted molar refractivity (Wildman–Crippen MR) is 81.0 cm³/mol. The van der Waals surface area contributed by atoms with Gasteiger partial charge in [0.2, 0.25) is 0 Å². The highest BCUT2D eigenvalue weighted by Crippen LogP contribution is 2.28. The number of halogens is 3. The molecule has 2 rings (SSSR count). The molecule has 1 aromatic carbocycles. The first-order chi connectivity index (χ1) is 9.58. The highest BCUT2D eigenvalue weighted by molar-refractivity contribution is 6.35. The van der Waals surface area contributed by atoms with Crippen LogP contribution in [0.3, 0.4) is 0 Å². The Hall–Kier alpha value is -0.350. The Morgan fingerprint density at radius 2 is 2.00 bits per heavy atom. The fourth-order valence-corrected chi connectivity index (χ4v) is 3.08. The van der Waals surface area contributed by atoms with Gasteiger partial charge >= 0.3 is 0 Å². The first kappa shape index (κ1) is 16.0. The molecule has 5 heteroatoms. The van der Waals surface area contributed by atoms with E-state index in [0.29, 0.717) is 17.7 Å². The van der Waals surface area contributed by atoms with Crippen molar-refractivity contribution in [2.75, 3.05) is 13.2 Å². The molecule has 0 radical (unpaired) electrons.